The van der Waals surface area contributed by atoms with Crippen LogP contribution in [0.4, 0.5) is 4.79 Å². The molecule has 3 unspecified atom stereocenters. The monoisotopic (exact) mass is 285 g/mol. The Morgan fingerprint density at radius 3 is 2.81 bits per heavy atom. The van der Waals surface area contributed by atoms with Crippen LogP contribution in [-0.4, -0.2) is 35.7 Å². The van der Waals surface area contributed by atoms with Crippen LogP contribution < -0.4 is 0 Å². The number of ether oxygens (including phenoxy) is 2. The molecule has 0 aromatic heterocycles. The molecule has 0 bridgehead atoms. The van der Waals surface area contributed by atoms with Crippen LogP contribution in [0.2, 0.25) is 0 Å². The van der Waals surface area contributed by atoms with Crippen molar-refractivity contribution in [1.82, 2.24) is 4.90 Å². The molecule has 2 aliphatic carbocycles. The van der Waals surface area contributed by atoms with Crippen LogP contribution in [0.15, 0.2) is 42.0 Å². The Kier molecular flexibility index (Phi) is 2.43. The fourth-order valence-electron chi connectivity index (χ4n) is 3.53. The molecular weight excluding hydrogens is 270 g/mol. The summed E-state index contributed by atoms with van der Waals surface area (Å²) in [6.45, 7) is 0.247. The minimum atomic E-state index is -0.358. The minimum absolute atomic E-state index is 0.0942. The second kappa shape index (κ2) is 4.10. The van der Waals surface area contributed by atoms with Crippen molar-refractivity contribution in [2.75, 3.05) is 7.11 Å². The third-order valence-electron chi connectivity index (χ3n) is 4.61. The van der Waals surface area contributed by atoms with Crippen molar-refractivity contribution in [2.45, 2.75) is 24.6 Å². The lowest BCUT2D eigenvalue weighted by Gasteiger charge is -2.13. The highest BCUT2D eigenvalue weighted by Gasteiger charge is 2.81. The first-order valence-corrected chi connectivity index (χ1v) is 6.98. The van der Waals surface area contributed by atoms with Gasteiger partial charge in [0.2, 0.25) is 0 Å². The summed E-state index contributed by atoms with van der Waals surface area (Å²) < 4.78 is 10.2. The maximum atomic E-state index is 12.2. The van der Waals surface area contributed by atoms with Gasteiger partial charge in [0.15, 0.2) is 0 Å². The van der Waals surface area contributed by atoms with Crippen LogP contribution >= 0.6 is 0 Å². The van der Waals surface area contributed by atoms with E-state index in [1.54, 1.807) is 4.90 Å². The van der Waals surface area contributed by atoms with Gasteiger partial charge in [0.25, 0.3) is 0 Å². The standard InChI is InChI=1S/C16H15NO4/c1-20-14(18)12-7-11-8-16(11)13(12)17(16)15(19)21-9-10-5-3-2-4-6-10/h2-6,8,12-13H,7,9H2,1H3. The molecule has 1 saturated heterocycles. The van der Waals surface area contributed by atoms with Crippen molar-refractivity contribution in [3.63, 3.8) is 0 Å². The van der Waals surface area contributed by atoms with Crippen molar-refractivity contribution >= 4 is 12.1 Å². The number of carbonyl (C=O) groups excluding carboxylic acids is 2. The van der Waals surface area contributed by atoms with Crippen LogP contribution in [-0.2, 0) is 20.9 Å². The predicted octanol–water partition coefficient (Wildman–Crippen LogP) is 1.88. The summed E-state index contributed by atoms with van der Waals surface area (Å²) >= 11 is 0. The van der Waals surface area contributed by atoms with Gasteiger partial charge in [-0.2, -0.15) is 0 Å². The molecule has 0 N–H and O–H groups in total. The van der Waals surface area contributed by atoms with E-state index in [4.69, 9.17) is 9.47 Å². The molecule has 4 rings (SSSR count). The number of nitrogens with zero attached hydrogens (tertiary/aromatic N) is 1. The van der Waals surface area contributed by atoms with Gasteiger partial charge in [0.05, 0.1) is 19.1 Å². The summed E-state index contributed by atoms with van der Waals surface area (Å²) in [7, 11) is 1.38. The lowest BCUT2D eigenvalue weighted by Crippen LogP contribution is -2.26. The largest absolute Gasteiger partial charge is 0.469 e. The number of esters is 1. The summed E-state index contributed by atoms with van der Waals surface area (Å²) in [6, 6.07) is 9.45. The van der Waals surface area contributed by atoms with Crippen molar-refractivity contribution in [2.24, 2.45) is 5.92 Å². The Morgan fingerprint density at radius 1 is 1.33 bits per heavy atom. The van der Waals surface area contributed by atoms with Crippen molar-refractivity contribution in [1.29, 1.82) is 0 Å². The van der Waals surface area contributed by atoms with Crippen LogP contribution in [0, 0.1) is 5.92 Å². The highest BCUT2D eigenvalue weighted by molar-refractivity contribution is 5.88. The first-order valence-electron chi connectivity index (χ1n) is 6.98. The van der Waals surface area contributed by atoms with E-state index in [0.29, 0.717) is 6.42 Å². The molecule has 1 saturated carbocycles. The normalized spacial score (nSPS) is 30.9. The number of hydrogen-bond donors (Lipinski definition) is 0. The van der Waals surface area contributed by atoms with E-state index < -0.39 is 0 Å². The smallest absolute Gasteiger partial charge is 0.411 e. The summed E-state index contributed by atoms with van der Waals surface area (Å²) in [6.07, 6.45) is 2.41. The van der Waals surface area contributed by atoms with Gasteiger partial charge in [-0.05, 0) is 17.6 Å². The average molecular weight is 285 g/mol. The molecule has 1 heterocycles. The highest BCUT2D eigenvalue weighted by atomic mass is 16.6. The van der Waals surface area contributed by atoms with Crippen LogP contribution in [0.3, 0.4) is 0 Å². The second-order valence-corrected chi connectivity index (χ2v) is 5.68. The summed E-state index contributed by atoms with van der Waals surface area (Å²) in [5.41, 5.74) is 1.83. The molecule has 1 aliphatic heterocycles. The van der Waals surface area contributed by atoms with E-state index in [-0.39, 0.29) is 36.2 Å². The van der Waals surface area contributed by atoms with Crippen molar-refractivity contribution in [3.8, 4) is 0 Å². The molecule has 21 heavy (non-hydrogen) atoms. The fraction of sp³-hybridized carbons (Fsp3) is 0.375. The number of rotatable bonds is 3. The van der Waals surface area contributed by atoms with E-state index in [0.717, 1.165) is 5.56 Å². The Bertz CT molecular complexity index is 654. The first kappa shape index (κ1) is 12.4. The van der Waals surface area contributed by atoms with Gasteiger partial charge in [-0.3, -0.25) is 9.69 Å². The molecule has 3 aliphatic rings. The van der Waals surface area contributed by atoms with E-state index in [2.05, 4.69) is 6.08 Å². The number of methoxy groups -OCH3 is 1. The van der Waals surface area contributed by atoms with Gasteiger partial charge < -0.3 is 9.47 Å². The topological polar surface area (TPSA) is 55.6 Å². The van der Waals surface area contributed by atoms with E-state index in [9.17, 15) is 9.59 Å². The number of carbonyl (C=O) groups is 2. The number of benzene rings is 1. The Balaban J connectivity index is 1.41. The average Bonchev–Trinajstić information content (AvgIpc) is 3.38. The Hall–Kier alpha value is -2.30. The number of piperidine rings is 1. The summed E-state index contributed by atoms with van der Waals surface area (Å²) in [5, 5.41) is 0. The van der Waals surface area contributed by atoms with Crippen LogP contribution in [0.25, 0.3) is 0 Å². The molecule has 1 spiro atoms. The zero-order valence-electron chi connectivity index (χ0n) is 11.6. The lowest BCUT2D eigenvalue weighted by molar-refractivity contribution is -0.145. The molecule has 3 atom stereocenters. The van der Waals surface area contributed by atoms with E-state index in [1.807, 2.05) is 30.3 Å². The van der Waals surface area contributed by atoms with E-state index in [1.165, 1.54) is 12.7 Å². The van der Waals surface area contributed by atoms with Crippen LogP contribution in [0.1, 0.15) is 12.0 Å². The molecule has 1 aromatic rings. The summed E-state index contributed by atoms with van der Waals surface area (Å²) in [5.74, 6) is -0.481. The highest BCUT2D eigenvalue weighted by Crippen LogP contribution is 2.69. The lowest BCUT2D eigenvalue weighted by atomic mass is 10.1. The van der Waals surface area contributed by atoms with Gasteiger partial charge in [-0.1, -0.05) is 36.4 Å². The first-order chi connectivity index (χ1) is 10.2. The predicted molar refractivity (Wildman–Crippen MR) is 73.2 cm³/mol. The molecular formula is C16H15NO4. The van der Waals surface area contributed by atoms with Gasteiger partial charge in [-0.25, -0.2) is 4.79 Å². The molecule has 1 aromatic carbocycles. The molecule has 108 valence electrons. The Labute approximate surface area is 122 Å². The number of hydrogen-bond acceptors (Lipinski definition) is 4. The number of likely N-dealkylation sites (tertiary alicyclic amines) is 1. The Morgan fingerprint density at radius 2 is 2.10 bits per heavy atom. The van der Waals surface area contributed by atoms with Crippen LogP contribution in [0.5, 0.6) is 0 Å². The molecule has 5 nitrogen and oxygen atoms in total. The van der Waals surface area contributed by atoms with Gasteiger partial charge in [0, 0.05) is 0 Å². The zero-order chi connectivity index (χ0) is 14.6. The maximum Gasteiger partial charge on any atom is 0.411 e. The second-order valence-electron chi connectivity index (χ2n) is 5.68. The fourth-order valence-corrected chi connectivity index (χ4v) is 3.53. The molecule has 2 fully saturated rings. The van der Waals surface area contributed by atoms with E-state index >= 15 is 0 Å². The maximum absolute atomic E-state index is 12.2. The minimum Gasteiger partial charge on any atom is -0.469 e. The quantitative estimate of drug-likeness (QED) is 0.483. The van der Waals surface area contributed by atoms with Crippen molar-refractivity contribution < 1.29 is 19.1 Å². The molecule has 0 radical (unpaired) electrons. The van der Waals surface area contributed by atoms with Crippen molar-refractivity contribution in [3.05, 3.63) is 47.5 Å². The SMILES string of the molecule is COC(=O)C1CC2=CC23C1N3C(=O)OCc1ccccc1. The third-order valence-corrected chi connectivity index (χ3v) is 4.61. The van der Waals surface area contributed by atoms with Gasteiger partial charge in [-0.15, -0.1) is 0 Å². The zero-order valence-corrected chi connectivity index (χ0v) is 11.6. The molecule has 1 amide bonds. The third kappa shape index (κ3) is 1.63. The number of amides is 1. The summed E-state index contributed by atoms with van der Waals surface area (Å²) in [4.78, 5) is 25.6. The van der Waals surface area contributed by atoms with Gasteiger partial charge >= 0.3 is 12.1 Å². The molecule has 5 heteroatoms. The van der Waals surface area contributed by atoms with Gasteiger partial charge in [0.1, 0.15) is 12.1 Å².